The number of phenolic OH excluding ortho intramolecular Hbond substituents is 1. The zero-order chi connectivity index (χ0) is 22.1. The molecule has 0 radical (unpaired) electrons. The molecule has 1 saturated carbocycles. The van der Waals surface area contributed by atoms with E-state index >= 15 is 0 Å². The van der Waals surface area contributed by atoms with Gasteiger partial charge in [0.1, 0.15) is 5.75 Å². The van der Waals surface area contributed by atoms with Gasteiger partial charge in [0.15, 0.2) is 5.82 Å². The fourth-order valence-corrected chi connectivity index (χ4v) is 4.42. The number of aromatic hydroxyl groups is 1. The van der Waals surface area contributed by atoms with Crippen LogP contribution in [0.15, 0.2) is 36.5 Å². The number of hydrogen-bond donors (Lipinski definition) is 2. The van der Waals surface area contributed by atoms with E-state index in [2.05, 4.69) is 36.7 Å². The molecule has 1 aliphatic heterocycles. The molecule has 0 unspecified atom stereocenters. The molecule has 1 aliphatic carbocycles. The third kappa shape index (κ3) is 4.10. The van der Waals surface area contributed by atoms with Gasteiger partial charge in [0, 0.05) is 42.4 Å². The summed E-state index contributed by atoms with van der Waals surface area (Å²) in [4.78, 5) is 2.30. The Kier molecular flexibility index (Phi) is 5.61. The maximum Gasteiger partial charge on any atom is 0.233 e. The van der Waals surface area contributed by atoms with Gasteiger partial charge in [0.2, 0.25) is 5.88 Å². The van der Waals surface area contributed by atoms with Crippen LogP contribution in [0.3, 0.4) is 0 Å². The Bertz CT molecular complexity index is 1120. The van der Waals surface area contributed by atoms with Crippen molar-refractivity contribution in [3.05, 3.63) is 42.1 Å². The average Bonchev–Trinajstić information content (AvgIpc) is 3.25. The lowest BCUT2D eigenvalue weighted by Gasteiger charge is -2.30. The summed E-state index contributed by atoms with van der Waals surface area (Å²) in [5.41, 5.74) is 3.97. The summed E-state index contributed by atoms with van der Waals surface area (Å²) in [5, 5.41) is 31.3. The van der Waals surface area contributed by atoms with Gasteiger partial charge >= 0.3 is 0 Å². The van der Waals surface area contributed by atoms with E-state index in [1.54, 1.807) is 25.4 Å². The molecule has 8 nitrogen and oxygen atoms in total. The molecular formula is C24H28N6O2. The predicted octanol–water partition coefficient (Wildman–Crippen LogP) is 3.34. The number of anilines is 1. The first kappa shape index (κ1) is 20.6. The van der Waals surface area contributed by atoms with Crippen LogP contribution < -0.4 is 15.0 Å². The van der Waals surface area contributed by atoms with Crippen molar-refractivity contribution in [1.82, 2.24) is 25.7 Å². The van der Waals surface area contributed by atoms with Crippen molar-refractivity contribution in [2.75, 3.05) is 25.1 Å². The fourth-order valence-electron chi connectivity index (χ4n) is 4.42. The zero-order valence-corrected chi connectivity index (χ0v) is 18.5. The van der Waals surface area contributed by atoms with Crippen LogP contribution in [0.4, 0.5) is 5.82 Å². The van der Waals surface area contributed by atoms with E-state index in [9.17, 15) is 5.11 Å². The van der Waals surface area contributed by atoms with Crippen LogP contribution in [0, 0.1) is 6.92 Å². The smallest absolute Gasteiger partial charge is 0.233 e. The molecule has 2 aliphatic rings. The molecule has 2 fully saturated rings. The maximum atomic E-state index is 10.7. The lowest BCUT2D eigenvalue weighted by molar-refractivity contribution is 0.311. The van der Waals surface area contributed by atoms with Crippen molar-refractivity contribution >= 4 is 5.82 Å². The molecule has 2 aromatic heterocycles. The van der Waals surface area contributed by atoms with Crippen LogP contribution in [0.25, 0.3) is 22.4 Å². The van der Waals surface area contributed by atoms with Crippen molar-refractivity contribution in [2.24, 2.45) is 0 Å². The highest BCUT2D eigenvalue weighted by molar-refractivity contribution is 5.75. The van der Waals surface area contributed by atoms with Gasteiger partial charge in [-0.05, 0) is 55.5 Å². The topological polar surface area (TPSA) is 96.3 Å². The summed E-state index contributed by atoms with van der Waals surface area (Å²) in [6.45, 7) is 3.97. The van der Waals surface area contributed by atoms with Crippen LogP contribution in [0.2, 0.25) is 0 Å². The normalized spacial score (nSPS) is 18.6. The van der Waals surface area contributed by atoms with Crippen molar-refractivity contribution in [1.29, 1.82) is 0 Å². The fraction of sp³-hybridized carbons (Fsp3) is 0.417. The molecule has 8 heteroatoms. The quantitative estimate of drug-likeness (QED) is 0.612. The van der Waals surface area contributed by atoms with Crippen LogP contribution in [0.1, 0.15) is 31.2 Å². The second-order valence-corrected chi connectivity index (χ2v) is 8.68. The Hall–Kier alpha value is -3.26. The molecule has 3 aromatic rings. The number of methoxy groups -OCH3 is 1. The highest BCUT2D eigenvalue weighted by Crippen LogP contribution is 2.35. The van der Waals surface area contributed by atoms with Gasteiger partial charge in [0.05, 0.1) is 19.0 Å². The first-order valence-electron chi connectivity index (χ1n) is 11.2. The zero-order valence-electron chi connectivity index (χ0n) is 18.5. The SMILES string of the molecule is COc1cc(-c2ccc(-c3nnc(N4CC[C@H](NC5CCC5)C4)cc3C)c(O)c2)cnn1. The van der Waals surface area contributed by atoms with Crippen molar-refractivity contribution in [3.8, 4) is 34.0 Å². The molecule has 32 heavy (non-hydrogen) atoms. The van der Waals surface area contributed by atoms with Gasteiger partial charge in [-0.3, -0.25) is 0 Å². The highest BCUT2D eigenvalue weighted by atomic mass is 16.5. The standard InChI is InChI=1S/C24H28N6O2/c1-15-10-22(30-9-8-19(14-30)26-18-4-3-5-18)27-29-24(15)20-7-6-16(11-21(20)31)17-12-23(32-2)28-25-13-17/h6-7,10-13,18-19,26,31H,3-5,8-9,14H2,1-2H3/t19-/m0/s1. The Labute approximate surface area is 187 Å². The summed E-state index contributed by atoms with van der Waals surface area (Å²) in [6, 6.07) is 10.6. The van der Waals surface area contributed by atoms with Gasteiger partial charge in [-0.25, -0.2) is 0 Å². The summed E-state index contributed by atoms with van der Waals surface area (Å²) in [6.07, 6.45) is 6.73. The number of aromatic nitrogens is 4. The number of aryl methyl sites for hydroxylation is 1. The minimum absolute atomic E-state index is 0.148. The molecule has 166 valence electrons. The second-order valence-electron chi connectivity index (χ2n) is 8.68. The van der Waals surface area contributed by atoms with Gasteiger partial charge < -0.3 is 20.1 Å². The van der Waals surface area contributed by atoms with Crippen LogP contribution in [-0.2, 0) is 0 Å². The molecule has 1 saturated heterocycles. The Morgan fingerprint density at radius 3 is 2.62 bits per heavy atom. The van der Waals surface area contributed by atoms with Crippen LogP contribution in [0.5, 0.6) is 11.6 Å². The number of nitrogens with zero attached hydrogens (tertiary/aromatic N) is 5. The van der Waals surface area contributed by atoms with Crippen molar-refractivity contribution in [3.63, 3.8) is 0 Å². The largest absolute Gasteiger partial charge is 0.507 e. The first-order chi connectivity index (χ1) is 15.6. The van der Waals surface area contributed by atoms with E-state index < -0.39 is 0 Å². The number of ether oxygens (including phenoxy) is 1. The average molecular weight is 433 g/mol. The third-order valence-corrected chi connectivity index (χ3v) is 6.49. The number of rotatable bonds is 6. The second kappa shape index (κ2) is 8.70. The molecule has 2 N–H and O–H groups in total. The van der Waals surface area contributed by atoms with E-state index in [0.29, 0.717) is 29.2 Å². The van der Waals surface area contributed by atoms with Gasteiger partial charge in [0.25, 0.3) is 0 Å². The third-order valence-electron chi connectivity index (χ3n) is 6.49. The molecule has 1 atom stereocenters. The summed E-state index contributed by atoms with van der Waals surface area (Å²) in [7, 11) is 1.55. The van der Waals surface area contributed by atoms with Crippen LogP contribution in [-0.4, -0.2) is 57.8 Å². The predicted molar refractivity (Wildman–Crippen MR) is 123 cm³/mol. The Morgan fingerprint density at radius 1 is 1.03 bits per heavy atom. The molecule has 5 rings (SSSR count). The number of nitrogens with one attached hydrogen (secondary N) is 1. The Morgan fingerprint density at radius 2 is 1.91 bits per heavy atom. The molecule has 0 spiro atoms. The summed E-state index contributed by atoms with van der Waals surface area (Å²) in [5.74, 6) is 1.47. The minimum Gasteiger partial charge on any atom is -0.507 e. The molecule has 1 aromatic carbocycles. The highest BCUT2D eigenvalue weighted by Gasteiger charge is 2.28. The van der Waals surface area contributed by atoms with E-state index in [1.165, 1.54) is 19.3 Å². The van der Waals surface area contributed by atoms with E-state index in [0.717, 1.165) is 42.0 Å². The van der Waals surface area contributed by atoms with Gasteiger partial charge in [-0.15, -0.1) is 15.3 Å². The maximum absolute atomic E-state index is 10.7. The summed E-state index contributed by atoms with van der Waals surface area (Å²) >= 11 is 0. The molecular weight excluding hydrogens is 404 g/mol. The van der Waals surface area contributed by atoms with Crippen molar-refractivity contribution in [2.45, 2.75) is 44.7 Å². The van der Waals surface area contributed by atoms with E-state index in [4.69, 9.17) is 4.74 Å². The first-order valence-corrected chi connectivity index (χ1v) is 11.2. The number of benzene rings is 1. The lowest BCUT2D eigenvalue weighted by Crippen LogP contribution is -2.43. The molecule has 3 heterocycles. The minimum atomic E-state index is 0.148. The monoisotopic (exact) mass is 432 g/mol. The van der Waals surface area contributed by atoms with Crippen molar-refractivity contribution < 1.29 is 9.84 Å². The van der Waals surface area contributed by atoms with E-state index in [-0.39, 0.29) is 5.75 Å². The van der Waals surface area contributed by atoms with Gasteiger partial charge in [-0.1, -0.05) is 12.5 Å². The van der Waals surface area contributed by atoms with E-state index in [1.807, 2.05) is 19.1 Å². The summed E-state index contributed by atoms with van der Waals surface area (Å²) < 4.78 is 5.14. The van der Waals surface area contributed by atoms with Crippen LogP contribution >= 0.6 is 0 Å². The Balaban J connectivity index is 1.33. The number of phenols is 1. The lowest BCUT2D eigenvalue weighted by atomic mass is 9.92. The van der Waals surface area contributed by atoms with Gasteiger partial charge in [-0.2, -0.15) is 5.10 Å². The number of hydrogen-bond acceptors (Lipinski definition) is 8. The molecule has 0 bridgehead atoms. The molecule has 0 amide bonds.